The van der Waals surface area contributed by atoms with Gasteiger partial charge in [-0.05, 0) is 50.2 Å². The Labute approximate surface area is 185 Å². The number of benzene rings is 1. The van der Waals surface area contributed by atoms with Crippen LogP contribution in [0.15, 0.2) is 29.3 Å². The van der Waals surface area contributed by atoms with E-state index in [-0.39, 0.29) is 5.91 Å². The summed E-state index contributed by atoms with van der Waals surface area (Å²) in [6.07, 6.45) is 4.53. The maximum absolute atomic E-state index is 12.0. The number of amides is 1. The number of ether oxygens (including phenoxy) is 1. The first kappa shape index (κ1) is 22.1. The Kier molecular flexibility index (Phi) is 7.45. The molecule has 0 aromatic heterocycles. The van der Waals surface area contributed by atoms with Crippen LogP contribution in [0.4, 0.5) is 5.69 Å². The summed E-state index contributed by atoms with van der Waals surface area (Å²) < 4.78 is 5.61. The number of aliphatic hydroxyl groups excluding tert-OH is 1. The highest BCUT2D eigenvalue weighted by atomic mass is 16.5. The number of hydrogen-bond acceptors (Lipinski definition) is 4. The van der Waals surface area contributed by atoms with E-state index in [2.05, 4.69) is 41.4 Å². The van der Waals surface area contributed by atoms with E-state index >= 15 is 0 Å². The molecule has 1 amide bonds. The monoisotopic (exact) mass is 428 g/mol. The van der Waals surface area contributed by atoms with Crippen LogP contribution < -0.4 is 10.2 Å². The number of guanidine groups is 1. The molecule has 3 aliphatic rings. The Balaban J connectivity index is 1.39. The SMILES string of the molecule is CCNC(=NCC(O)COCC1CC1)N1CC(CCN2CCCC2=O)c2ccccc21. The van der Waals surface area contributed by atoms with Gasteiger partial charge in [-0.25, -0.2) is 0 Å². The molecular formula is C24H36N4O3. The molecule has 1 saturated heterocycles. The van der Waals surface area contributed by atoms with Crippen molar-refractivity contribution in [3.63, 3.8) is 0 Å². The highest BCUT2D eigenvalue weighted by Gasteiger charge is 2.32. The summed E-state index contributed by atoms with van der Waals surface area (Å²) in [6.45, 7) is 6.77. The molecule has 1 aromatic rings. The van der Waals surface area contributed by atoms with E-state index in [0.717, 1.165) is 51.6 Å². The largest absolute Gasteiger partial charge is 0.389 e. The first-order valence-corrected chi connectivity index (χ1v) is 11.8. The van der Waals surface area contributed by atoms with Gasteiger partial charge in [0.2, 0.25) is 5.91 Å². The van der Waals surface area contributed by atoms with Gasteiger partial charge in [-0.15, -0.1) is 0 Å². The van der Waals surface area contributed by atoms with E-state index < -0.39 is 6.10 Å². The Morgan fingerprint density at radius 3 is 2.94 bits per heavy atom. The number of hydrogen-bond donors (Lipinski definition) is 2. The molecule has 1 aliphatic carbocycles. The quantitative estimate of drug-likeness (QED) is 0.442. The third-order valence-corrected chi connectivity index (χ3v) is 6.39. The second-order valence-corrected chi connectivity index (χ2v) is 8.97. The van der Waals surface area contributed by atoms with Gasteiger partial charge in [0.05, 0.1) is 19.3 Å². The van der Waals surface area contributed by atoms with Gasteiger partial charge in [0.1, 0.15) is 0 Å². The molecule has 0 spiro atoms. The summed E-state index contributed by atoms with van der Waals surface area (Å²) >= 11 is 0. The van der Waals surface area contributed by atoms with Gasteiger partial charge in [-0.3, -0.25) is 9.79 Å². The average molecular weight is 429 g/mol. The number of fused-ring (bicyclic) bond motifs is 1. The summed E-state index contributed by atoms with van der Waals surface area (Å²) in [6, 6.07) is 8.47. The molecule has 2 fully saturated rings. The lowest BCUT2D eigenvalue weighted by Crippen LogP contribution is -2.42. The summed E-state index contributed by atoms with van der Waals surface area (Å²) in [4.78, 5) is 21.0. The summed E-state index contributed by atoms with van der Waals surface area (Å²) in [5.41, 5.74) is 2.48. The Morgan fingerprint density at radius 1 is 1.35 bits per heavy atom. The van der Waals surface area contributed by atoms with Crippen molar-refractivity contribution in [1.29, 1.82) is 0 Å². The van der Waals surface area contributed by atoms with E-state index in [1.807, 2.05) is 4.90 Å². The Morgan fingerprint density at radius 2 is 2.19 bits per heavy atom. The molecule has 1 aromatic carbocycles. The minimum atomic E-state index is -0.595. The number of rotatable bonds is 10. The van der Waals surface area contributed by atoms with Gasteiger partial charge in [-0.2, -0.15) is 0 Å². The van der Waals surface area contributed by atoms with Gasteiger partial charge < -0.3 is 25.0 Å². The van der Waals surface area contributed by atoms with Gasteiger partial charge >= 0.3 is 0 Å². The number of aliphatic hydroxyl groups is 1. The van der Waals surface area contributed by atoms with E-state index in [1.54, 1.807) is 0 Å². The molecule has 2 atom stereocenters. The molecule has 31 heavy (non-hydrogen) atoms. The van der Waals surface area contributed by atoms with Crippen molar-refractivity contribution in [2.45, 2.75) is 51.0 Å². The van der Waals surface area contributed by atoms with Crippen molar-refractivity contribution in [2.24, 2.45) is 10.9 Å². The molecule has 7 nitrogen and oxygen atoms in total. The highest BCUT2D eigenvalue weighted by molar-refractivity contribution is 5.98. The highest BCUT2D eigenvalue weighted by Crippen LogP contribution is 2.38. The number of nitrogens with one attached hydrogen (secondary N) is 1. The lowest BCUT2D eigenvalue weighted by atomic mass is 9.98. The van der Waals surface area contributed by atoms with Crippen molar-refractivity contribution in [2.75, 3.05) is 50.8 Å². The molecule has 0 radical (unpaired) electrons. The smallest absolute Gasteiger partial charge is 0.222 e. The lowest BCUT2D eigenvalue weighted by molar-refractivity contribution is -0.127. The predicted molar refractivity (Wildman–Crippen MR) is 122 cm³/mol. The zero-order valence-electron chi connectivity index (χ0n) is 18.6. The first-order chi connectivity index (χ1) is 15.2. The molecule has 2 aliphatic heterocycles. The molecule has 2 unspecified atom stereocenters. The molecule has 7 heteroatoms. The van der Waals surface area contributed by atoms with Gasteiger partial charge in [0.15, 0.2) is 5.96 Å². The van der Waals surface area contributed by atoms with Crippen LogP contribution in [0, 0.1) is 5.92 Å². The predicted octanol–water partition coefficient (Wildman–Crippen LogP) is 2.36. The van der Waals surface area contributed by atoms with Crippen LogP contribution >= 0.6 is 0 Å². The van der Waals surface area contributed by atoms with Crippen LogP contribution in [-0.4, -0.2) is 73.9 Å². The van der Waals surface area contributed by atoms with Crippen LogP contribution in [0.25, 0.3) is 0 Å². The van der Waals surface area contributed by atoms with Crippen LogP contribution in [0.5, 0.6) is 0 Å². The maximum Gasteiger partial charge on any atom is 0.222 e. The van der Waals surface area contributed by atoms with E-state index in [0.29, 0.717) is 31.4 Å². The number of aliphatic imine (C=N–C) groups is 1. The number of carbonyl (C=O) groups excluding carboxylic acids is 1. The van der Waals surface area contributed by atoms with Crippen molar-refractivity contribution in [3.05, 3.63) is 29.8 Å². The van der Waals surface area contributed by atoms with Crippen molar-refractivity contribution in [1.82, 2.24) is 10.2 Å². The summed E-state index contributed by atoms with van der Waals surface area (Å²) in [5, 5.41) is 13.7. The zero-order valence-corrected chi connectivity index (χ0v) is 18.6. The normalized spacial score (nSPS) is 22.2. The first-order valence-electron chi connectivity index (χ1n) is 11.8. The third kappa shape index (κ3) is 5.77. The van der Waals surface area contributed by atoms with E-state index in [1.165, 1.54) is 24.1 Å². The third-order valence-electron chi connectivity index (χ3n) is 6.39. The van der Waals surface area contributed by atoms with Gasteiger partial charge in [-0.1, -0.05) is 18.2 Å². The number of para-hydroxylation sites is 1. The second kappa shape index (κ2) is 10.5. The number of anilines is 1. The van der Waals surface area contributed by atoms with Crippen LogP contribution in [-0.2, 0) is 9.53 Å². The fourth-order valence-corrected chi connectivity index (χ4v) is 4.49. The molecule has 2 N–H and O–H groups in total. The summed E-state index contributed by atoms with van der Waals surface area (Å²) in [5.74, 6) is 2.15. The molecule has 4 rings (SSSR count). The fourth-order valence-electron chi connectivity index (χ4n) is 4.49. The summed E-state index contributed by atoms with van der Waals surface area (Å²) in [7, 11) is 0. The van der Waals surface area contributed by atoms with E-state index in [9.17, 15) is 9.90 Å². The van der Waals surface area contributed by atoms with Gasteiger partial charge in [0.25, 0.3) is 0 Å². The number of carbonyl (C=O) groups is 1. The Hall–Kier alpha value is -2.12. The molecule has 0 bridgehead atoms. The lowest BCUT2D eigenvalue weighted by Gasteiger charge is -2.24. The minimum Gasteiger partial charge on any atom is -0.389 e. The molecule has 170 valence electrons. The standard InChI is InChI=1S/C24H36N4O3/c1-2-25-24(26-14-20(29)17-31-16-18-9-10-18)28-15-19(21-6-3-4-7-22(21)28)11-13-27-12-5-8-23(27)30/h3-4,6-7,18-20,29H,2,5,8-17H2,1H3,(H,25,26). The van der Waals surface area contributed by atoms with Crippen LogP contribution in [0.1, 0.15) is 50.5 Å². The van der Waals surface area contributed by atoms with Crippen molar-refractivity contribution in [3.8, 4) is 0 Å². The number of nitrogens with zero attached hydrogens (tertiary/aromatic N) is 3. The molecular weight excluding hydrogens is 392 g/mol. The minimum absolute atomic E-state index is 0.288. The average Bonchev–Trinajstić information content (AvgIpc) is 3.40. The van der Waals surface area contributed by atoms with Crippen LogP contribution in [0.2, 0.25) is 0 Å². The topological polar surface area (TPSA) is 77.4 Å². The van der Waals surface area contributed by atoms with Crippen molar-refractivity contribution < 1.29 is 14.6 Å². The second-order valence-electron chi connectivity index (χ2n) is 8.97. The van der Waals surface area contributed by atoms with Crippen LogP contribution in [0.3, 0.4) is 0 Å². The molecule has 1 saturated carbocycles. The van der Waals surface area contributed by atoms with E-state index in [4.69, 9.17) is 9.73 Å². The number of likely N-dealkylation sites (tertiary alicyclic amines) is 1. The van der Waals surface area contributed by atoms with Gasteiger partial charge in [0, 0.05) is 50.8 Å². The van der Waals surface area contributed by atoms with Crippen molar-refractivity contribution >= 4 is 17.6 Å². The Bertz CT molecular complexity index is 780. The fraction of sp³-hybridized carbons (Fsp3) is 0.667. The molecule has 2 heterocycles. The zero-order chi connectivity index (χ0) is 21.6. The maximum atomic E-state index is 12.0.